The van der Waals surface area contributed by atoms with E-state index in [0.717, 1.165) is 5.56 Å². The van der Waals surface area contributed by atoms with Gasteiger partial charge in [0.15, 0.2) is 6.61 Å². The summed E-state index contributed by atoms with van der Waals surface area (Å²) in [6.45, 7) is 1.38. The summed E-state index contributed by atoms with van der Waals surface area (Å²) in [5.41, 5.74) is 1.42. The Bertz CT molecular complexity index is 1280. The minimum Gasteiger partial charge on any atom is -0.452 e. The van der Waals surface area contributed by atoms with Gasteiger partial charge in [-0.15, -0.1) is 0 Å². The average molecular weight is 499 g/mol. The Kier molecular flexibility index (Phi) is 8.45. The van der Waals surface area contributed by atoms with Crippen LogP contribution in [0, 0.1) is 0 Å². The zero-order valence-electron chi connectivity index (χ0n) is 18.3. The third-order valence-corrected chi connectivity index (χ3v) is 6.92. The molecule has 9 heteroatoms. The summed E-state index contributed by atoms with van der Waals surface area (Å²) in [6, 6.07) is 21.9. The fourth-order valence-electron chi connectivity index (χ4n) is 3.07. The molecule has 0 atom stereocenters. The summed E-state index contributed by atoms with van der Waals surface area (Å²) in [5, 5.41) is 2.64. The molecule has 0 saturated carbocycles. The highest BCUT2D eigenvalue weighted by atomic mass is 35.5. The maximum absolute atomic E-state index is 13.2. The minimum absolute atomic E-state index is 0.0410. The van der Waals surface area contributed by atoms with Crippen LogP contribution in [0.2, 0.25) is 5.02 Å². The van der Waals surface area contributed by atoms with E-state index >= 15 is 0 Å². The normalized spacial score (nSPS) is 11.2. The maximum atomic E-state index is 13.2. The second-order valence-electron chi connectivity index (χ2n) is 7.05. The van der Waals surface area contributed by atoms with Crippen molar-refractivity contribution in [2.45, 2.75) is 11.8 Å². The summed E-state index contributed by atoms with van der Waals surface area (Å²) in [7, 11) is -3.91. The third-order valence-electron chi connectivity index (χ3n) is 4.69. The molecule has 0 aliphatic carbocycles. The first kappa shape index (κ1) is 25.0. The molecule has 0 aliphatic heterocycles. The standard InChI is InChI=1S/C25H23ClN2O5S/c1-2-28(20-11-7-4-8-12-20)34(31,32)21-14-15-22(26)23(17-21)27-24(29)18-33-25(30)16-13-19-9-5-3-6-10-19/h3-17H,2,18H2,1H3,(H,27,29)/b16-13+. The molecule has 0 aliphatic rings. The number of esters is 1. The van der Waals surface area contributed by atoms with Crippen molar-refractivity contribution in [3.63, 3.8) is 0 Å². The molecule has 1 N–H and O–H groups in total. The summed E-state index contributed by atoms with van der Waals surface area (Å²) in [6.07, 6.45) is 2.78. The molecule has 0 spiro atoms. The van der Waals surface area contributed by atoms with Crippen molar-refractivity contribution in [3.8, 4) is 0 Å². The number of nitrogens with zero attached hydrogens (tertiary/aromatic N) is 1. The van der Waals surface area contributed by atoms with E-state index in [1.807, 2.05) is 30.3 Å². The monoisotopic (exact) mass is 498 g/mol. The van der Waals surface area contributed by atoms with Gasteiger partial charge < -0.3 is 10.1 Å². The van der Waals surface area contributed by atoms with Crippen LogP contribution in [0.15, 0.2) is 89.8 Å². The van der Waals surface area contributed by atoms with Crippen LogP contribution >= 0.6 is 11.6 Å². The van der Waals surface area contributed by atoms with Gasteiger partial charge in [-0.05, 0) is 48.9 Å². The van der Waals surface area contributed by atoms with Gasteiger partial charge in [0.2, 0.25) is 0 Å². The summed E-state index contributed by atoms with van der Waals surface area (Å²) < 4.78 is 32.6. The fraction of sp³-hybridized carbons (Fsp3) is 0.120. The van der Waals surface area contributed by atoms with E-state index in [4.69, 9.17) is 16.3 Å². The molecular formula is C25H23ClN2O5S. The second-order valence-corrected chi connectivity index (χ2v) is 9.32. The molecule has 34 heavy (non-hydrogen) atoms. The lowest BCUT2D eigenvalue weighted by atomic mass is 10.2. The molecule has 7 nitrogen and oxygen atoms in total. The molecule has 0 bridgehead atoms. The Labute approximate surface area is 203 Å². The Morgan fingerprint density at radius 1 is 1.00 bits per heavy atom. The number of halogens is 1. The minimum atomic E-state index is -3.91. The van der Waals surface area contributed by atoms with Gasteiger partial charge in [-0.2, -0.15) is 0 Å². The number of anilines is 2. The Morgan fingerprint density at radius 3 is 2.29 bits per heavy atom. The number of amides is 1. The van der Waals surface area contributed by atoms with Gasteiger partial charge in [0.1, 0.15) is 0 Å². The molecule has 3 aromatic carbocycles. The van der Waals surface area contributed by atoms with Gasteiger partial charge in [0.05, 0.1) is 21.3 Å². The van der Waals surface area contributed by atoms with E-state index in [0.29, 0.717) is 5.69 Å². The molecule has 0 heterocycles. The molecule has 0 saturated heterocycles. The van der Waals surface area contributed by atoms with E-state index in [2.05, 4.69) is 5.32 Å². The number of nitrogens with one attached hydrogen (secondary N) is 1. The Morgan fingerprint density at radius 2 is 1.65 bits per heavy atom. The molecular weight excluding hydrogens is 476 g/mol. The molecule has 0 fully saturated rings. The number of hydrogen-bond acceptors (Lipinski definition) is 5. The fourth-order valence-corrected chi connectivity index (χ4v) is 4.74. The Balaban J connectivity index is 1.68. The SMILES string of the molecule is CCN(c1ccccc1)S(=O)(=O)c1ccc(Cl)c(NC(=O)COC(=O)/C=C/c2ccccc2)c1. The molecule has 3 aromatic rings. The smallest absolute Gasteiger partial charge is 0.331 e. The quantitative estimate of drug-likeness (QED) is 0.339. The van der Waals surface area contributed by atoms with E-state index in [-0.39, 0.29) is 22.2 Å². The third kappa shape index (κ3) is 6.46. The van der Waals surface area contributed by atoms with Crippen molar-refractivity contribution in [2.75, 3.05) is 22.8 Å². The van der Waals surface area contributed by atoms with Crippen molar-refractivity contribution in [1.82, 2.24) is 0 Å². The molecule has 176 valence electrons. The van der Waals surface area contributed by atoms with Crippen molar-refractivity contribution in [3.05, 3.63) is 95.5 Å². The first-order valence-electron chi connectivity index (χ1n) is 10.4. The van der Waals surface area contributed by atoms with E-state index < -0.39 is 28.5 Å². The van der Waals surface area contributed by atoms with Gasteiger partial charge in [-0.3, -0.25) is 9.10 Å². The predicted octanol–water partition coefficient (Wildman–Crippen LogP) is 4.75. The van der Waals surface area contributed by atoms with Crippen molar-refractivity contribution >= 4 is 51.0 Å². The van der Waals surface area contributed by atoms with Crippen LogP contribution < -0.4 is 9.62 Å². The first-order valence-corrected chi connectivity index (χ1v) is 12.2. The lowest BCUT2D eigenvalue weighted by molar-refractivity contribution is -0.142. The van der Waals surface area contributed by atoms with Gasteiger partial charge >= 0.3 is 5.97 Å². The zero-order chi connectivity index (χ0) is 24.6. The number of carbonyl (C=O) groups is 2. The highest BCUT2D eigenvalue weighted by molar-refractivity contribution is 7.92. The van der Waals surface area contributed by atoms with Gasteiger partial charge in [0.25, 0.3) is 15.9 Å². The van der Waals surface area contributed by atoms with Gasteiger partial charge in [-0.1, -0.05) is 60.1 Å². The van der Waals surface area contributed by atoms with Crippen molar-refractivity contribution in [1.29, 1.82) is 0 Å². The lowest BCUT2D eigenvalue weighted by Crippen LogP contribution is -2.30. The number of carbonyl (C=O) groups excluding carboxylic acids is 2. The number of rotatable bonds is 9. The highest BCUT2D eigenvalue weighted by Crippen LogP contribution is 2.29. The Hall–Kier alpha value is -3.62. The number of ether oxygens (including phenoxy) is 1. The van der Waals surface area contributed by atoms with E-state index in [1.165, 1.54) is 28.6 Å². The summed E-state index contributed by atoms with van der Waals surface area (Å²) >= 11 is 6.16. The lowest BCUT2D eigenvalue weighted by Gasteiger charge is -2.23. The van der Waals surface area contributed by atoms with E-state index in [1.54, 1.807) is 43.3 Å². The molecule has 0 aromatic heterocycles. The van der Waals surface area contributed by atoms with Crippen LogP contribution in [0.5, 0.6) is 0 Å². The van der Waals surface area contributed by atoms with Crippen molar-refractivity contribution < 1.29 is 22.7 Å². The van der Waals surface area contributed by atoms with E-state index in [9.17, 15) is 18.0 Å². The molecule has 3 rings (SSSR count). The molecule has 1 amide bonds. The van der Waals surface area contributed by atoms with Crippen LogP contribution in [0.25, 0.3) is 6.08 Å². The van der Waals surface area contributed by atoms with Crippen LogP contribution in [0.4, 0.5) is 11.4 Å². The van der Waals surface area contributed by atoms with Gasteiger partial charge in [0, 0.05) is 12.6 Å². The van der Waals surface area contributed by atoms with Crippen LogP contribution in [-0.4, -0.2) is 33.4 Å². The maximum Gasteiger partial charge on any atom is 0.331 e. The number of hydrogen-bond donors (Lipinski definition) is 1. The average Bonchev–Trinajstić information content (AvgIpc) is 2.84. The molecule has 0 unspecified atom stereocenters. The number of sulfonamides is 1. The van der Waals surface area contributed by atoms with Crippen molar-refractivity contribution in [2.24, 2.45) is 0 Å². The second kappa shape index (κ2) is 11.5. The highest BCUT2D eigenvalue weighted by Gasteiger charge is 2.24. The largest absolute Gasteiger partial charge is 0.452 e. The topological polar surface area (TPSA) is 92.8 Å². The van der Waals surface area contributed by atoms with Gasteiger partial charge in [-0.25, -0.2) is 13.2 Å². The number of para-hydroxylation sites is 1. The molecule has 0 radical (unpaired) electrons. The predicted molar refractivity (Wildman–Crippen MR) is 133 cm³/mol. The van der Waals surface area contributed by atoms with Crippen LogP contribution in [0.1, 0.15) is 12.5 Å². The van der Waals surface area contributed by atoms with Crippen LogP contribution in [-0.2, 0) is 24.3 Å². The number of benzene rings is 3. The zero-order valence-corrected chi connectivity index (χ0v) is 19.9. The van der Waals surface area contributed by atoms with Crippen LogP contribution in [0.3, 0.4) is 0 Å². The summed E-state index contributed by atoms with van der Waals surface area (Å²) in [4.78, 5) is 24.1. The first-order chi connectivity index (χ1) is 16.3. The summed E-state index contributed by atoms with van der Waals surface area (Å²) in [5.74, 6) is -1.35.